The number of amides is 1. The number of ether oxygens (including phenoxy) is 2. The molecule has 3 aromatic heterocycles. The van der Waals surface area contributed by atoms with Crippen LogP contribution in [0.2, 0.25) is 5.02 Å². The van der Waals surface area contributed by atoms with Crippen molar-refractivity contribution < 1.29 is 44.3 Å². The molecule has 0 radical (unpaired) electrons. The molecule has 16 nitrogen and oxygen atoms in total. The molecule has 5 aromatic rings. The minimum Gasteiger partial charge on any atom is -0.481 e. The normalized spacial score (nSPS) is 14.1. The highest BCUT2D eigenvalue weighted by Crippen LogP contribution is 2.42. The van der Waals surface area contributed by atoms with Gasteiger partial charge in [0.15, 0.2) is 0 Å². The lowest BCUT2D eigenvalue weighted by Crippen LogP contribution is -2.28. The number of nitriles is 1. The van der Waals surface area contributed by atoms with Crippen LogP contribution in [0.4, 0.5) is 5.82 Å². The Bertz CT molecular complexity index is 2370. The van der Waals surface area contributed by atoms with Crippen molar-refractivity contribution in [2.24, 2.45) is 0 Å². The maximum Gasteiger partial charge on any atom is 0.306 e. The lowest BCUT2D eigenvalue weighted by Gasteiger charge is -2.18. The van der Waals surface area contributed by atoms with Gasteiger partial charge in [-0.2, -0.15) is 10.2 Å². The second kappa shape index (κ2) is 20.5. The molecule has 1 aliphatic rings. The summed E-state index contributed by atoms with van der Waals surface area (Å²) < 4.78 is 12.6. The van der Waals surface area contributed by atoms with Crippen molar-refractivity contribution in [3.05, 3.63) is 129 Å². The molecular weight excluding hydrogens is 794 g/mol. The number of carbonyl (C=O) groups excluding carboxylic acids is 1. The maximum atomic E-state index is 13.4. The van der Waals surface area contributed by atoms with Crippen molar-refractivity contribution in [3.8, 4) is 29.0 Å². The summed E-state index contributed by atoms with van der Waals surface area (Å²) in [7, 11) is 0. The highest BCUT2D eigenvalue weighted by atomic mass is 35.5. The number of carbonyl (C=O) groups is 3. The average Bonchev–Trinajstić information content (AvgIpc) is 3.63. The highest BCUT2D eigenvalue weighted by molar-refractivity contribution is 6.37. The SMILES string of the molecule is N#Cc1cncc(COc2nc(O[C@H]3CCc4c(-c5cccc(C(=O)Nc6ccc(CNC[C@@H](O)CC(=O)O)cn6)c5Cl)cccc43)ccc2CNC[C@@H](O)CC(=O)O)c1. The number of hydrogen-bond acceptors (Lipinski definition) is 13. The molecule has 6 rings (SSSR count). The van der Waals surface area contributed by atoms with E-state index in [1.807, 2.05) is 24.3 Å². The minimum absolute atomic E-state index is 0.0362. The van der Waals surface area contributed by atoms with E-state index >= 15 is 0 Å². The number of aromatic nitrogens is 3. The summed E-state index contributed by atoms with van der Waals surface area (Å²) in [5.41, 5.74) is 6.20. The van der Waals surface area contributed by atoms with Crippen LogP contribution in [-0.2, 0) is 35.7 Å². The number of aliphatic hydroxyl groups is 2. The van der Waals surface area contributed by atoms with E-state index in [9.17, 15) is 29.9 Å². The molecule has 0 saturated heterocycles. The first-order valence-electron chi connectivity index (χ1n) is 19.0. The topological polar surface area (TPSA) is 249 Å². The van der Waals surface area contributed by atoms with Crippen LogP contribution in [-0.4, -0.2) is 78.5 Å². The average molecular weight is 836 g/mol. The number of nitrogens with zero attached hydrogens (tertiary/aromatic N) is 4. The van der Waals surface area contributed by atoms with E-state index < -0.39 is 36.5 Å². The van der Waals surface area contributed by atoms with Gasteiger partial charge >= 0.3 is 11.9 Å². The number of aliphatic hydroxyl groups excluding tert-OH is 2. The van der Waals surface area contributed by atoms with Crippen molar-refractivity contribution in [1.29, 1.82) is 5.26 Å². The Morgan fingerprint density at radius 3 is 2.33 bits per heavy atom. The van der Waals surface area contributed by atoms with E-state index in [0.717, 1.165) is 22.3 Å². The van der Waals surface area contributed by atoms with Crippen LogP contribution < -0.4 is 25.4 Å². The molecule has 0 fully saturated rings. The monoisotopic (exact) mass is 835 g/mol. The van der Waals surface area contributed by atoms with Gasteiger partial charge in [0.1, 0.15) is 24.6 Å². The predicted octanol–water partition coefficient (Wildman–Crippen LogP) is 4.81. The van der Waals surface area contributed by atoms with Gasteiger partial charge in [0, 0.05) is 67.5 Å². The molecule has 60 heavy (non-hydrogen) atoms. The van der Waals surface area contributed by atoms with Crippen molar-refractivity contribution in [2.75, 3.05) is 18.4 Å². The third-order valence-corrected chi connectivity index (χ3v) is 9.92. The first-order chi connectivity index (χ1) is 29.0. The number of pyridine rings is 3. The predicted molar refractivity (Wildman–Crippen MR) is 218 cm³/mol. The van der Waals surface area contributed by atoms with E-state index in [2.05, 4.69) is 37.0 Å². The van der Waals surface area contributed by atoms with Gasteiger partial charge in [0.2, 0.25) is 11.8 Å². The molecular formula is C43H42ClN7O9. The fourth-order valence-electron chi connectivity index (χ4n) is 6.70. The Morgan fingerprint density at radius 2 is 1.62 bits per heavy atom. The van der Waals surface area contributed by atoms with Crippen LogP contribution in [0.25, 0.3) is 11.1 Å². The van der Waals surface area contributed by atoms with Gasteiger partial charge in [0.05, 0.1) is 41.2 Å². The first kappa shape index (κ1) is 43.1. The number of hydrogen-bond donors (Lipinski definition) is 7. The molecule has 310 valence electrons. The largest absolute Gasteiger partial charge is 0.481 e. The number of carboxylic acid groups (broad SMARTS) is 2. The van der Waals surface area contributed by atoms with Crippen molar-refractivity contribution in [2.45, 2.75) is 63.7 Å². The van der Waals surface area contributed by atoms with Crippen molar-refractivity contribution in [3.63, 3.8) is 0 Å². The van der Waals surface area contributed by atoms with Gasteiger partial charge in [-0.25, -0.2) is 4.98 Å². The fourth-order valence-corrected chi connectivity index (χ4v) is 7.01. The molecule has 7 N–H and O–H groups in total. The van der Waals surface area contributed by atoms with Crippen LogP contribution in [0.5, 0.6) is 11.8 Å². The molecule has 3 atom stereocenters. The number of benzene rings is 2. The molecule has 3 heterocycles. The molecule has 1 amide bonds. The van der Waals surface area contributed by atoms with Gasteiger partial charge in [-0.3, -0.25) is 19.4 Å². The van der Waals surface area contributed by atoms with Gasteiger partial charge in [-0.15, -0.1) is 0 Å². The van der Waals surface area contributed by atoms with Crippen LogP contribution >= 0.6 is 11.6 Å². The van der Waals surface area contributed by atoms with Gasteiger partial charge < -0.3 is 45.9 Å². The smallest absolute Gasteiger partial charge is 0.306 e. The Morgan fingerprint density at radius 1 is 0.883 bits per heavy atom. The third-order valence-electron chi connectivity index (χ3n) is 9.52. The highest BCUT2D eigenvalue weighted by Gasteiger charge is 2.28. The second-order valence-electron chi connectivity index (χ2n) is 14.1. The quantitative estimate of drug-likeness (QED) is 0.0556. The van der Waals surface area contributed by atoms with Gasteiger partial charge in [0.25, 0.3) is 5.91 Å². The van der Waals surface area contributed by atoms with Crippen LogP contribution in [0.3, 0.4) is 0 Å². The molecule has 0 unspecified atom stereocenters. The van der Waals surface area contributed by atoms with Crippen LogP contribution in [0, 0.1) is 11.3 Å². The second-order valence-corrected chi connectivity index (χ2v) is 14.4. The summed E-state index contributed by atoms with van der Waals surface area (Å²) in [6.45, 7) is 0.766. The minimum atomic E-state index is -1.11. The molecule has 17 heteroatoms. The first-order valence-corrected chi connectivity index (χ1v) is 19.4. The maximum absolute atomic E-state index is 13.4. The molecule has 0 spiro atoms. The third kappa shape index (κ3) is 11.6. The summed E-state index contributed by atoms with van der Waals surface area (Å²) in [5.74, 6) is -1.78. The Kier molecular flexibility index (Phi) is 14.7. The van der Waals surface area contributed by atoms with Crippen LogP contribution in [0.15, 0.2) is 85.3 Å². The number of anilines is 1. The molecule has 0 aliphatic heterocycles. The lowest BCUT2D eigenvalue weighted by molar-refractivity contribution is -0.140. The zero-order valence-electron chi connectivity index (χ0n) is 32.2. The van der Waals surface area contributed by atoms with Crippen molar-refractivity contribution in [1.82, 2.24) is 25.6 Å². The standard InChI is InChI=1S/C43H42ClN7O9/c44-41-34(5-2-6-35(41)42(58)50-37-11-7-25(20-49-37)17-47-22-29(52)14-39(54)55)31-3-1-4-33-32(31)9-10-36(33)60-38-12-8-28(21-48-23-30(53)15-40(56)57)43(51-38)59-24-27-13-26(16-45)18-46-19-27/h1-8,11-13,18-20,29-30,36,47-48,52-53H,9-10,14-15,17,21-24H2,(H,54,55)(H,56,57)(H,49,50,58)/t29-,30-,36-/m0/s1. The van der Waals surface area contributed by atoms with Crippen molar-refractivity contribution >= 4 is 35.3 Å². The molecule has 0 bridgehead atoms. The Labute approximate surface area is 349 Å². The molecule has 2 aromatic carbocycles. The number of carboxylic acids is 2. The number of nitrogens with one attached hydrogen (secondary N) is 3. The molecule has 1 aliphatic carbocycles. The summed E-state index contributed by atoms with van der Waals surface area (Å²) in [6, 6.07) is 21.7. The number of aliphatic carboxylic acids is 2. The zero-order chi connectivity index (χ0) is 42.6. The van der Waals surface area contributed by atoms with Crippen LogP contribution in [0.1, 0.15) is 69.1 Å². The van der Waals surface area contributed by atoms with E-state index in [1.54, 1.807) is 54.9 Å². The lowest BCUT2D eigenvalue weighted by atomic mass is 9.95. The van der Waals surface area contributed by atoms with Gasteiger partial charge in [-0.1, -0.05) is 48.0 Å². The summed E-state index contributed by atoms with van der Waals surface area (Å²) >= 11 is 6.94. The molecule has 0 saturated carbocycles. The van der Waals surface area contributed by atoms with E-state index in [4.69, 9.17) is 31.3 Å². The number of rotatable bonds is 20. The van der Waals surface area contributed by atoms with E-state index in [1.165, 1.54) is 6.20 Å². The van der Waals surface area contributed by atoms with E-state index in [0.29, 0.717) is 53.3 Å². The van der Waals surface area contributed by atoms with Gasteiger partial charge in [-0.05, 0) is 59.4 Å². The Balaban J connectivity index is 1.14. The number of fused-ring (bicyclic) bond motifs is 1. The summed E-state index contributed by atoms with van der Waals surface area (Å²) in [6.07, 6.45) is 2.69. The van der Waals surface area contributed by atoms with E-state index in [-0.39, 0.29) is 55.2 Å². The summed E-state index contributed by atoms with van der Waals surface area (Å²) in [4.78, 5) is 48.3. The Hall–Kier alpha value is -6.48. The zero-order valence-corrected chi connectivity index (χ0v) is 32.9. The summed E-state index contributed by atoms with van der Waals surface area (Å²) in [5, 5.41) is 55.9. The fraction of sp³-hybridized carbons (Fsp3) is 0.279. The number of halogens is 1.